The topological polar surface area (TPSA) is 67.2 Å². The first kappa shape index (κ1) is 14.3. The number of aliphatic hydroxyl groups is 1. The van der Waals surface area contributed by atoms with Crippen LogP contribution in [0.15, 0.2) is 24.0 Å². The summed E-state index contributed by atoms with van der Waals surface area (Å²) in [5.41, 5.74) is 1.44. The number of nitrogens with one attached hydrogen (secondary N) is 1. The maximum absolute atomic E-state index is 11.9. The molecule has 0 fully saturated rings. The molecule has 0 saturated heterocycles. The van der Waals surface area contributed by atoms with E-state index < -0.39 is 0 Å². The van der Waals surface area contributed by atoms with Gasteiger partial charge in [0.25, 0.3) is 5.91 Å². The number of aliphatic hydroxyl groups excluding tert-OH is 1. The molecule has 0 aliphatic heterocycles. The monoisotopic (exact) mass is 289 g/mol. The maximum Gasteiger partial charge on any atom is 0.269 e. The van der Waals surface area contributed by atoms with E-state index in [0.29, 0.717) is 18.7 Å². The number of hydrogen-bond donors (Lipinski definition) is 2. The van der Waals surface area contributed by atoms with Crippen LogP contribution in [-0.4, -0.2) is 27.2 Å². The lowest BCUT2D eigenvalue weighted by molar-refractivity contribution is 0.0943. The second kappa shape index (κ2) is 6.89. The zero-order valence-electron chi connectivity index (χ0n) is 11.1. The summed E-state index contributed by atoms with van der Waals surface area (Å²) in [7, 11) is 1.78. The number of carbonyl (C=O) groups is 1. The largest absolute Gasteiger partial charge is 0.395 e. The number of aryl methyl sites for hydroxylation is 1. The van der Waals surface area contributed by atoms with Crippen LogP contribution in [0.25, 0.3) is 0 Å². The number of imidazole rings is 1. The summed E-state index contributed by atoms with van der Waals surface area (Å²) in [6.45, 7) is 0.543. The summed E-state index contributed by atoms with van der Waals surface area (Å²) in [6, 6.07) is 1.94. The van der Waals surface area contributed by atoms with Gasteiger partial charge in [0.15, 0.2) is 0 Å². The molecule has 0 spiro atoms. The Bertz CT molecular complexity index is 649. The average Bonchev–Trinajstić information content (AvgIpc) is 3.05. The van der Waals surface area contributed by atoms with Crippen LogP contribution >= 0.6 is 11.3 Å². The van der Waals surface area contributed by atoms with Crippen molar-refractivity contribution in [3.8, 4) is 11.8 Å². The fourth-order valence-corrected chi connectivity index (χ4v) is 2.35. The lowest BCUT2D eigenvalue weighted by atomic mass is 10.3. The molecular weight excluding hydrogens is 274 g/mol. The summed E-state index contributed by atoms with van der Waals surface area (Å²) in [5.74, 6) is 5.68. The van der Waals surface area contributed by atoms with E-state index in [1.54, 1.807) is 29.3 Å². The number of hydrogen-bond acceptors (Lipinski definition) is 4. The summed E-state index contributed by atoms with van der Waals surface area (Å²) < 4.78 is 1.68. The van der Waals surface area contributed by atoms with Crippen molar-refractivity contribution in [1.29, 1.82) is 0 Å². The summed E-state index contributed by atoms with van der Waals surface area (Å²) in [6.07, 6.45) is 3.60. The second-order valence-corrected chi connectivity index (χ2v) is 5.15. The van der Waals surface area contributed by atoms with E-state index in [2.05, 4.69) is 22.1 Å². The highest BCUT2D eigenvalue weighted by atomic mass is 32.1. The predicted octanol–water partition coefficient (Wildman–Crippen LogP) is 1.15. The number of amides is 1. The van der Waals surface area contributed by atoms with Gasteiger partial charge in [-0.05, 0) is 6.07 Å². The van der Waals surface area contributed by atoms with Crippen molar-refractivity contribution in [3.63, 3.8) is 0 Å². The smallest absolute Gasteiger partial charge is 0.269 e. The van der Waals surface area contributed by atoms with Crippen LogP contribution < -0.4 is 5.32 Å². The van der Waals surface area contributed by atoms with Crippen molar-refractivity contribution < 1.29 is 9.90 Å². The van der Waals surface area contributed by atoms with Gasteiger partial charge in [0.05, 0.1) is 25.7 Å². The highest BCUT2D eigenvalue weighted by Crippen LogP contribution is 2.13. The third-order valence-corrected chi connectivity index (χ3v) is 3.53. The van der Waals surface area contributed by atoms with Gasteiger partial charge in [-0.25, -0.2) is 4.98 Å². The molecule has 2 aromatic heterocycles. The average molecular weight is 289 g/mol. The first-order valence-electron chi connectivity index (χ1n) is 6.12. The van der Waals surface area contributed by atoms with Gasteiger partial charge in [0, 0.05) is 29.3 Å². The van der Waals surface area contributed by atoms with Crippen molar-refractivity contribution in [1.82, 2.24) is 14.9 Å². The van der Waals surface area contributed by atoms with Gasteiger partial charge in [-0.3, -0.25) is 4.79 Å². The fourth-order valence-electron chi connectivity index (χ4n) is 1.59. The van der Waals surface area contributed by atoms with E-state index in [1.807, 2.05) is 11.4 Å². The molecule has 2 aromatic rings. The number of thiophene rings is 1. The quantitative estimate of drug-likeness (QED) is 0.830. The van der Waals surface area contributed by atoms with Crippen molar-refractivity contribution in [2.24, 2.45) is 7.05 Å². The molecule has 1 amide bonds. The van der Waals surface area contributed by atoms with Crippen molar-refractivity contribution in [2.75, 3.05) is 6.61 Å². The van der Waals surface area contributed by atoms with Gasteiger partial charge in [0.2, 0.25) is 0 Å². The normalized spacial score (nSPS) is 9.90. The van der Waals surface area contributed by atoms with E-state index in [9.17, 15) is 4.79 Å². The van der Waals surface area contributed by atoms with Gasteiger partial charge in [-0.15, -0.1) is 11.3 Å². The van der Waals surface area contributed by atoms with E-state index in [0.717, 1.165) is 10.4 Å². The molecule has 0 atom stereocenters. The van der Waals surface area contributed by atoms with Gasteiger partial charge in [-0.1, -0.05) is 11.8 Å². The molecule has 0 saturated carbocycles. The Labute approximate surface area is 121 Å². The fraction of sp³-hybridized carbons (Fsp3) is 0.286. The zero-order valence-corrected chi connectivity index (χ0v) is 11.9. The van der Waals surface area contributed by atoms with Gasteiger partial charge in [0.1, 0.15) is 5.69 Å². The lowest BCUT2D eigenvalue weighted by Gasteiger charge is -2.03. The highest BCUT2D eigenvalue weighted by molar-refractivity contribution is 7.10. The molecule has 0 aliphatic carbocycles. The number of aromatic nitrogens is 2. The summed E-state index contributed by atoms with van der Waals surface area (Å²) in [4.78, 5) is 16.8. The molecule has 5 nitrogen and oxygen atoms in total. The Kier molecular flexibility index (Phi) is 4.93. The third-order valence-electron chi connectivity index (χ3n) is 2.60. The van der Waals surface area contributed by atoms with Gasteiger partial charge >= 0.3 is 0 Å². The minimum Gasteiger partial charge on any atom is -0.395 e. The van der Waals surface area contributed by atoms with Crippen molar-refractivity contribution in [2.45, 2.75) is 13.0 Å². The van der Waals surface area contributed by atoms with Gasteiger partial charge in [-0.2, -0.15) is 0 Å². The maximum atomic E-state index is 11.9. The van der Waals surface area contributed by atoms with Crippen molar-refractivity contribution >= 4 is 17.2 Å². The van der Waals surface area contributed by atoms with Crippen LogP contribution in [0, 0.1) is 11.8 Å². The lowest BCUT2D eigenvalue weighted by Crippen LogP contribution is -2.24. The molecule has 2 heterocycles. The first-order chi connectivity index (χ1) is 9.70. The van der Waals surface area contributed by atoms with Gasteiger partial charge < -0.3 is 15.0 Å². The number of rotatable bonds is 4. The Hall–Kier alpha value is -2.10. The number of carbonyl (C=O) groups excluding carboxylic acids is 1. The van der Waals surface area contributed by atoms with Crippen LogP contribution in [-0.2, 0) is 13.6 Å². The molecule has 0 radical (unpaired) electrons. The van der Waals surface area contributed by atoms with Crippen molar-refractivity contribution in [3.05, 3.63) is 40.1 Å². The second-order valence-electron chi connectivity index (χ2n) is 4.15. The molecule has 0 bridgehead atoms. The molecule has 2 N–H and O–H groups in total. The Morgan fingerprint density at radius 1 is 1.60 bits per heavy atom. The van der Waals surface area contributed by atoms with Crippen LogP contribution in [0.4, 0.5) is 0 Å². The molecule has 20 heavy (non-hydrogen) atoms. The Morgan fingerprint density at radius 3 is 3.15 bits per heavy atom. The third kappa shape index (κ3) is 3.70. The minimum atomic E-state index is -0.147. The molecule has 0 aliphatic rings. The molecule has 2 rings (SSSR count). The van der Waals surface area contributed by atoms with E-state index in [4.69, 9.17) is 5.11 Å². The summed E-state index contributed by atoms with van der Waals surface area (Å²) in [5, 5.41) is 13.4. The van der Waals surface area contributed by atoms with E-state index in [1.165, 1.54) is 6.20 Å². The molecular formula is C14H15N3O2S. The standard InChI is InChI=1S/C14H15N3O2S/c1-17-10-15-8-13(17)14(19)16-7-12-6-11(9-20-12)4-2-3-5-18/h6,8-10,18H,3,5,7H2,1H3,(H,16,19). The first-order valence-corrected chi connectivity index (χ1v) is 7.00. The van der Waals surface area contributed by atoms with Crippen LogP contribution in [0.3, 0.4) is 0 Å². The Morgan fingerprint density at radius 2 is 2.45 bits per heavy atom. The van der Waals surface area contributed by atoms with Crippen LogP contribution in [0.2, 0.25) is 0 Å². The number of nitrogens with zero attached hydrogens (tertiary/aromatic N) is 2. The molecule has 6 heteroatoms. The van der Waals surface area contributed by atoms with E-state index >= 15 is 0 Å². The Balaban J connectivity index is 1.90. The molecule has 104 valence electrons. The highest BCUT2D eigenvalue weighted by Gasteiger charge is 2.09. The minimum absolute atomic E-state index is 0.0742. The zero-order chi connectivity index (χ0) is 14.4. The SMILES string of the molecule is Cn1cncc1C(=O)NCc1cc(C#CCCO)cs1. The predicted molar refractivity (Wildman–Crippen MR) is 77.3 cm³/mol. The summed E-state index contributed by atoms with van der Waals surface area (Å²) >= 11 is 1.55. The molecule has 0 aromatic carbocycles. The molecule has 0 unspecified atom stereocenters. The van der Waals surface area contributed by atoms with E-state index in [-0.39, 0.29) is 12.5 Å². The van der Waals surface area contributed by atoms with Crippen LogP contribution in [0.1, 0.15) is 27.3 Å². The van der Waals surface area contributed by atoms with Crippen LogP contribution in [0.5, 0.6) is 0 Å².